The summed E-state index contributed by atoms with van der Waals surface area (Å²) in [6.45, 7) is 4.96. The predicted octanol–water partition coefficient (Wildman–Crippen LogP) is 21.0. The van der Waals surface area contributed by atoms with Gasteiger partial charge in [0.15, 0.2) is 0 Å². The lowest BCUT2D eigenvalue weighted by Crippen LogP contribution is -2.45. The smallest absolute Gasteiger partial charge is 0.305 e. The molecule has 6 nitrogen and oxygen atoms in total. The van der Waals surface area contributed by atoms with Crippen LogP contribution < -0.4 is 5.32 Å². The molecule has 0 aromatic rings. The van der Waals surface area contributed by atoms with Gasteiger partial charge in [-0.25, -0.2) is 0 Å². The van der Waals surface area contributed by atoms with Gasteiger partial charge in [0, 0.05) is 12.8 Å². The van der Waals surface area contributed by atoms with Crippen molar-refractivity contribution in [1.29, 1.82) is 0 Å². The van der Waals surface area contributed by atoms with Crippen LogP contribution in [0.5, 0.6) is 0 Å². The summed E-state index contributed by atoms with van der Waals surface area (Å²) in [5.41, 5.74) is 0. The number of ether oxygens (including phenoxy) is 1. The van der Waals surface area contributed by atoms with E-state index in [9.17, 15) is 19.8 Å². The molecule has 0 saturated carbocycles. The number of carbonyl (C=O) groups is 2. The van der Waals surface area contributed by atoms with Crippen molar-refractivity contribution in [3.05, 3.63) is 24.3 Å². The largest absolute Gasteiger partial charge is 0.466 e. The van der Waals surface area contributed by atoms with Gasteiger partial charge in [0.05, 0.1) is 25.4 Å². The van der Waals surface area contributed by atoms with Crippen LogP contribution in [0.2, 0.25) is 0 Å². The number of nitrogens with one attached hydrogen (secondary N) is 1. The van der Waals surface area contributed by atoms with Crippen LogP contribution in [0.3, 0.4) is 0 Å². The highest BCUT2D eigenvalue weighted by Crippen LogP contribution is 2.18. The van der Waals surface area contributed by atoms with Gasteiger partial charge in [-0.15, -0.1) is 0 Å². The maximum absolute atomic E-state index is 12.5. The van der Waals surface area contributed by atoms with Crippen molar-refractivity contribution in [3.63, 3.8) is 0 Å². The molecule has 0 saturated heterocycles. The zero-order valence-corrected chi connectivity index (χ0v) is 49.4. The third-order valence-electron chi connectivity index (χ3n) is 15.5. The summed E-state index contributed by atoms with van der Waals surface area (Å²) in [5, 5.41) is 23.4. The van der Waals surface area contributed by atoms with E-state index in [1.807, 2.05) is 0 Å². The molecule has 0 heterocycles. The van der Waals surface area contributed by atoms with Crippen molar-refractivity contribution in [1.82, 2.24) is 5.32 Å². The number of allylic oxidation sites excluding steroid dienone is 4. The molecule has 0 rings (SSSR count). The molecule has 73 heavy (non-hydrogen) atoms. The Balaban J connectivity index is 3.44. The Kier molecular flexibility index (Phi) is 61.4. The molecule has 2 unspecified atom stereocenters. The number of rotatable bonds is 62. The van der Waals surface area contributed by atoms with Crippen LogP contribution in [0.15, 0.2) is 24.3 Å². The second-order valence-electron chi connectivity index (χ2n) is 22.8. The van der Waals surface area contributed by atoms with Crippen LogP contribution >= 0.6 is 0 Å². The molecule has 6 heteroatoms. The van der Waals surface area contributed by atoms with Crippen molar-refractivity contribution in [3.8, 4) is 0 Å². The summed E-state index contributed by atoms with van der Waals surface area (Å²) in [6.07, 6.45) is 77.6. The number of carbonyl (C=O) groups excluding carboxylic acids is 2. The van der Waals surface area contributed by atoms with Crippen LogP contribution in [0.4, 0.5) is 0 Å². The molecule has 3 N–H and O–H groups in total. The minimum atomic E-state index is -0.673. The summed E-state index contributed by atoms with van der Waals surface area (Å²) in [7, 11) is 0. The summed E-state index contributed by atoms with van der Waals surface area (Å²) in [6, 6.07) is -0.552. The Morgan fingerprint density at radius 1 is 0.370 bits per heavy atom. The molecule has 0 radical (unpaired) electrons. The number of hydrogen-bond acceptors (Lipinski definition) is 5. The van der Waals surface area contributed by atoms with Crippen molar-refractivity contribution in [2.24, 2.45) is 0 Å². The fourth-order valence-corrected chi connectivity index (χ4v) is 10.4. The molecule has 0 aliphatic heterocycles. The summed E-state index contributed by atoms with van der Waals surface area (Å²) >= 11 is 0. The highest BCUT2D eigenvalue weighted by molar-refractivity contribution is 5.76. The fraction of sp³-hybridized carbons (Fsp3) is 0.910. The SMILES string of the molecule is CCCCCCCCC/C=C\CCCCCCCCCC(=O)OCCCCCCCC/C=C\CCCCCCCCCC(=O)NC(CO)C(O)CCCCCCCCCCCCCCCCCCCCCCC. The minimum Gasteiger partial charge on any atom is -0.466 e. The first-order valence-electron chi connectivity index (χ1n) is 33.1. The van der Waals surface area contributed by atoms with Gasteiger partial charge < -0.3 is 20.3 Å². The Hall–Kier alpha value is -1.66. The van der Waals surface area contributed by atoms with Gasteiger partial charge in [-0.1, -0.05) is 301 Å². The molecule has 2 atom stereocenters. The highest BCUT2D eigenvalue weighted by atomic mass is 16.5. The molecule has 0 fully saturated rings. The number of aliphatic hydroxyl groups excluding tert-OH is 2. The topological polar surface area (TPSA) is 95.9 Å². The first kappa shape index (κ1) is 71.3. The van der Waals surface area contributed by atoms with E-state index in [0.717, 1.165) is 57.8 Å². The third-order valence-corrected chi connectivity index (χ3v) is 15.5. The predicted molar refractivity (Wildman–Crippen MR) is 320 cm³/mol. The first-order chi connectivity index (χ1) is 36.0. The minimum absolute atomic E-state index is 0.00375. The number of esters is 1. The monoisotopic (exact) mass is 1030 g/mol. The molecule has 0 aromatic carbocycles. The first-order valence-corrected chi connectivity index (χ1v) is 33.1. The van der Waals surface area contributed by atoms with Gasteiger partial charge in [-0.2, -0.15) is 0 Å². The van der Waals surface area contributed by atoms with E-state index in [1.165, 1.54) is 276 Å². The Morgan fingerprint density at radius 3 is 0.973 bits per heavy atom. The van der Waals surface area contributed by atoms with E-state index >= 15 is 0 Å². The Labute approximate surface area is 456 Å². The zero-order valence-electron chi connectivity index (χ0n) is 49.4. The molecule has 0 aromatic heterocycles. The second kappa shape index (κ2) is 62.9. The quantitative estimate of drug-likeness (QED) is 0.0320. The maximum atomic E-state index is 12.5. The van der Waals surface area contributed by atoms with E-state index in [1.54, 1.807) is 0 Å². The zero-order chi connectivity index (χ0) is 52.9. The average Bonchev–Trinajstić information content (AvgIpc) is 3.39. The van der Waals surface area contributed by atoms with Gasteiger partial charge >= 0.3 is 5.97 Å². The molecule has 0 aliphatic carbocycles. The van der Waals surface area contributed by atoms with Crippen molar-refractivity contribution < 1.29 is 24.5 Å². The summed E-state index contributed by atoms with van der Waals surface area (Å²) in [4.78, 5) is 24.6. The van der Waals surface area contributed by atoms with E-state index < -0.39 is 12.1 Å². The van der Waals surface area contributed by atoms with Gasteiger partial charge in [-0.05, 0) is 77.0 Å². The van der Waals surface area contributed by atoms with E-state index in [2.05, 4.69) is 43.5 Å². The number of aliphatic hydroxyl groups is 2. The van der Waals surface area contributed by atoms with Gasteiger partial charge in [0.1, 0.15) is 0 Å². The third kappa shape index (κ3) is 59.4. The molecule has 0 spiro atoms. The Bertz CT molecular complexity index is 1140. The van der Waals surface area contributed by atoms with Gasteiger partial charge in [0.25, 0.3) is 0 Å². The lowest BCUT2D eigenvalue weighted by atomic mass is 10.0. The average molecular weight is 1030 g/mol. The second-order valence-corrected chi connectivity index (χ2v) is 22.8. The van der Waals surface area contributed by atoms with Crippen molar-refractivity contribution in [2.45, 2.75) is 379 Å². The van der Waals surface area contributed by atoms with Crippen LogP contribution in [-0.2, 0) is 14.3 Å². The number of amides is 1. The van der Waals surface area contributed by atoms with Gasteiger partial charge in [0.2, 0.25) is 5.91 Å². The summed E-state index contributed by atoms with van der Waals surface area (Å²) < 4.78 is 5.49. The fourth-order valence-electron chi connectivity index (χ4n) is 10.4. The number of unbranched alkanes of at least 4 members (excludes halogenated alkanes) is 47. The van der Waals surface area contributed by atoms with E-state index in [0.29, 0.717) is 25.9 Å². The van der Waals surface area contributed by atoms with Crippen LogP contribution in [0.25, 0.3) is 0 Å². The van der Waals surface area contributed by atoms with E-state index in [4.69, 9.17) is 4.74 Å². The molecular weight excluding hydrogens is 899 g/mol. The van der Waals surface area contributed by atoms with Crippen LogP contribution in [-0.4, -0.2) is 47.4 Å². The van der Waals surface area contributed by atoms with Gasteiger partial charge in [-0.3, -0.25) is 9.59 Å². The molecule has 0 bridgehead atoms. The van der Waals surface area contributed by atoms with Crippen molar-refractivity contribution in [2.75, 3.05) is 13.2 Å². The molecular formula is C67H129NO5. The van der Waals surface area contributed by atoms with Crippen LogP contribution in [0.1, 0.15) is 367 Å². The van der Waals surface area contributed by atoms with E-state index in [-0.39, 0.29) is 18.5 Å². The summed E-state index contributed by atoms with van der Waals surface area (Å²) in [5.74, 6) is -0.0472. The van der Waals surface area contributed by atoms with Crippen LogP contribution in [0, 0.1) is 0 Å². The maximum Gasteiger partial charge on any atom is 0.305 e. The molecule has 432 valence electrons. The number of hydrogen-bond donors (Lipinski definition) is 3. The highest BCUT2D eigenvalue weighted by Gasteiger charge is 2.20. The lowest BCUT2D eigenvalue weighted by molar-refractivity contribution is -0.143. The standard InChI is InChI=1S/C67H129NO5/c1-3-5-7-9-11-13-15-17-19-21-23-24-25-27-31-35-39-43-47-51-55-59-65(70)64(63-69)68-66(71)60-56-52-48-44-40-36-32-28-26-30-34-38-42-46-50-54-58-62-73-67(72)61-57-53-49-45-41-37-33-29-22-20-18-16-14-12-10-8-6-4-2/h20,22,26,30,64-65,69-70H,3-19,21,23-25,27-29,31-63H2,1-2H3,(H,68,71)/b22-20-,30-26-. The Morgan fingerprint density at radius 2 is 0.644 bits per heavy atom. The molecule has 0 aliphatic rings. The molecule has 1 amide bonds. The normalized spacial score (nSPS) is 12.7. The van der Waals surface area contributed by atoms with Crippen molar-refractivity contribution >= 4 is 11.9 Å². The lowest BCUT2D eigenvalue weighted by Gasteiger charge is -2.22.